The maximum Gasteiger partial charge on any atom is 0.220 e. The summed E-state index contributed by atoms with van der Waals surface area (Å²) in [5.74, 6) is 0.323. The molecule has 1 aliphatic heterocycles. The molecule has 6 heteroatoms. The van der Waals surface area contributed by atoms with Crippen molar-refractivity contribution in [1.29, 1.82) is 0 Å². The summed E-state index contributed by atoms with van der Waals surface area (Å²) in [5, 5.41) is 11.6. The smallest absolute Gasteiger partial charge is 0.220 e. The Bertz CT molecular complexity index is 976. The largest absolute Gasteiger partial charge is 0.379 e. The number of hydrogen-bond donors (Lipinski definition) is 2. The van der Waals surface area contributed by atoms with Gasteiger partial charge in [0.25, 0.3) is 0 Å². The lowest BCUT2D eigenvalue weighted by molar-refractivity contribution is -0.122. The van der Waals surface area contributed by atoms with E-state index in [0.717, 1.165) is 28.9 Å². The number of fused-ring (bicyclic) bond motifs is 1. The van der Waals surface area contributed by atoms with Gasteiger partial charge in [-0.15, -0.1) is 0 Å². The lowest BCUT2D eigenvalue weighted by atomic mass is 9.93. The number of para-hydroxylation sites is 1. The van der Waals surface area contributed by atoms with Crippen molar-refractivity contribution in [3.8, 4) is 0 Å². The third-order valence-electron chi connectivity index (χ3n) is 5.71. The van der Waals surface area contributed by atoms with E-state index in [9.17, 15) is 4.79 Å². The fourth-order valence-electron chi connectivity index (χ4n) is 3.86. The molecular weight excluding hydrogens is 352 g/mol. The highest BCUT2D eigenvalue weighted by atomic mass is 16.5. The molecule has 1 saturated heterocycles. The number of rotatable bonds is 6. The minimum atomic E-state index is 0.0430. The Morgan fingerprint density at radius 3 is 2.93 bits per heavy atom. The average Bonchev–Trinajstić information content (AvgIpc) is 3.27. The Morgan fingerprint density at radius 2 is 2.11 bits per heavy atom. The molecule has 2 N–H and O–H groups in total. The van der Waals surface area contributed by atoms with E-state index in [1.54, 1.807) is 0 Å². The summed E-state index contributed by atoms with van der Waals surface area (Å²) < 4.78 is 5.69. The van der Waals surface area contributed by atoms with Gasteiger partial charge in [0, 0.05) is 36.0 Å². The number of H-pyrrole nitrogens is 1. The lowest BCUT2D eigenvalue weighted by Crippen LogP contribution is -2.40. The minimum Gasteiger partial charge on any atom is -0.379 e. The van der Waals surface area contributed by atoms with Crippen LogP contribution in [0.5, 0.6) is 0 Å². The molecule has 1 aliphatic rings. The Balaban J connectivity index is 1.38. The highest BCUT2D eigenvalue weighted by molar-refractivity contribution is 5.82. The number of aromatic nitrogens is 3. The molecule has 146 valence electrons. The number of carbonyl (C=O) groups is 1. The number of benzene rings is 1. The molecule has 0 spiro atoms. The molecule has 0 aliphatic carbocycles. The Labute approximate surface area is 164 Å². The average molecular weight is 378 g/mol. The molecule has 1 amide bonds. The summed E-state index contributed by atoms with van der Waals surface area (Å²) in [6.07, 6.45) is 3.81. The molecular formula is C22H26N4O2. The first-order valence-corrected chi connectivity index (χ1v) is 9.82. The van der Waals surface area contributed by atoms with Gasteiger partial charge in [0.05, 0.1) is 30.5 Å². The molecule has 3 heterocycles. The van der Waals surface area contributed by atoms with Crippen LogP contribution in [0.2, 0.25) is 0 Å². The van der Waals surface area contributed by atoms with E-state index in [-0.39, 0.29) is 17.9 Å². The highest BCUT2D eigenvalue weighted by Gasteiger charge is 2.30. The maximum absolute atomic E-state index is 12.5. The highest BCUT2D eigenvalue weighted by Crippen LogP contribution is 2.24. The Kier molecular flexibility index (Phi) is 5.39. The van der Waals surface area contributed by atoms with Crippen molar-refractivity contribution in [2.75, 3.05) is 13.2 Å². The van der Waals surface area contributed by atoms with Gasteiger partial charge in [-0.1, -0.05) is 18.2 Å². The van der Waals surface area contributed by atoms with Gasteiger partial charge in [-0.05, 0) is 43.5 Å². The molecule has 3 aromatic rings. The van der Waals surface area contributed by atoms with Crippen molar-refractivity contribution in [3.05, 3.63) is 59.0 Å². The second-order valence-corrected chi connectivity index (χ2v) is 7.58. The number of carbonyl (C=O) groups excluding carboxylic acids is 1. The predicted octanol–water partition coefficient (Wildman–Crippen LogP) is 2.88. The van der Waals surface area contributed by atoms with Crippen LogP contribution in [0.4, 0.5) is 0 Å². The molecule has 0 bridgehead atoms. The number of hydrogen-bond acceptors (Lipinski definition) is 4. The summed E-state index contributed by atoms with van der Waals surface area (Å²) in [6.45, 7) is 5.26. The van der Waals surface area contributed by atoms with Crippen molar-refractivity contribution in [3.63, 3.8) is 0 Å². The van der Waals surface area contributed by atoms with E-state index in [4.69, 9.17) is 4.74 Å². The normalized spacial score (nSPS) is 19.2. The summed E-state index contributed by atoms with van der Waals surface area (Å²) in [5.41, 5.74) is 5.42. The molecule has 0 radical (unpaired) electrons. The zero-order valence-corrected chi connectivity index (χ0v) is 16.4. The van der Waals surface area contributed by atoms with Gasteiger partial charge >= 0.3 is 0 Å². The molecule has 1 aromatic carbocycles. The van der Waals surface area contributed by atoms with Gasteiger partial charge in [-0.25, -0.2) is 0 Å². The lowest BCUT2D eigenvalue weighted by Gasteiger charge is -2.20. The third kappa shape index (κ3) is 3.92. The number of aryl methyl sites for hydroxylation is 2. The second-order valence-electron chi connectivity index (χ2n) is 7.58. The predicted molar refractivity (Wildman–Crippen MR) is 108 cm³/mol. The summed E-state index contributed by atoms with van der Waals surface area (Å²) in [4.78, 5) is 16.9. The Morgan fingerprint density at radius 1 is 1.25 bits per heavy atom. The summed E-state index contributed by atoms with van der Waals surface area (Å²) >= 11 is 0. The van der Waals surface area contributed by atoms with Gasteiger partial charge in [-0.2, -0.15) is 5.10 Å². The molecule has 2 atom stereocenters. The van der Waals surface area contributed by atoms with E-state index in [1.165, 1.54) is 10.9 Å². The van der Waals surface area contributed by atoms with Gasteiger partial charge in [0.15, 0.2) is 0 Å². The number of aromatic amines is 1. The van der Waals surface area contributed by atoms with Crippen molar-refractivity contribution in [2.24, 2.45) is 5.92 Å². The quantitative estimate of drug-likeness (QED) is 0.691. The summed E-state index contributed by atoms with van der Waals surface area (Å²) in [6, 6.07) is 10.3. The zero-order valence-electron chi connectivity index (χ0n) is 16.4. The summed E-state index contributed by atoms with van der Waals surface area (Å²) in [7, 11) is 0. The van der Waals surface area contributed by atoms with Crippen molar-refractivity contribution >= 4 is 16.8 Å². The topological polar surface area (TPSA) is 79.9 Å². The van der Waals surface area contributed by atoms with Crippen LogP contribution in [0.15, 0.2) is 36.5 Å². The van der Waals surface area contributed by atoms with Gasteiger partial charge in [0.1, 0.15) is 0 Å². The molecule has 4 rings (SSSR count). The van der Waals surface area contributed by atoms with Crippen LogP contribution in [-0.4, -0.2) is 40.3 Å². The molecule has 0 unspecified atom stereocenters. The molecule has 2 aromatic heterocycles. The van der Waals surface area contributed by atoms with Crippen LogP contribution in [0, 0.1) is 19.8 Å². The van der Waals surface area contributed by atoms with Gasteiger partial charge in [0.2, 0.25) is 5.91 Å². The first-order valence-electron chi connectivity index (χ1n) is 9.82. The van der Waals surface area contributed by atoms with Crippen LogP contribution in [0.25, 0.3) is 10.9 Å². The van der Waals surface area contributed by atoms with Crippen molar-refractivity contribution < 1.29 is 9.53 Å². The number of ether oxygens (including phenoxy) is 1. The first-order chi connectivity index (χ1) is 13.6. The van der Waals surface area contributed by atoms with Crippen molar-refractivity contribution in [1.82, 2.24) is 20.5 Å². The number of pyridine rings is 1. The number of nitrogens with zero attached hydrogens (tertiary/aromatic N) is 2. The molecule has 28 heavy (non-hydrogen) atoms. The van der Waals surface area contributed by atoms with Crippen LogP contribution >= 0.6 is 0 Å². The molecule has 6 nitrogen and oxygen atoms in total. The van der Waals surface area contributed by atoms with Gasteiger partial charge in [-0.3, -0.25) is 14.9 Å². The van der Waals surface area contributed by atoms with Gasteiger partial charge < -0.3 is 10.1 Å². The minimum absolute atomic E-state index is 0.0430. The number of nitrogens with one attached hydrogen (secondary N) is 2. The van der Waals surface area contributed by atoms with E-state index < -0.39 is 0 Å². The number of amides is 1. The standard InChI is InChI=1S/C22H26N4O2/c1-14-15(2)25-26-19(14)7-8-22(27)24-21-13-28-12-17(21)11-16-9-10-23-20-6-4-3-5-18(16)20/h3-6,9-10,17,21H,7-8,11-13H2,1-2H3,(H,24,27)(H,25,26)/t17-,21+/m1/s1. The van der Waals surface area contributed by atoms with E-state index in [1.807, 2.05) is 38.2 Å². The van der Waals surface area contributed by atoms with Crippen LogP contribution in [0.3, 0.4) is 0 Å². The maximum atomic E-state index is 12.5. The molecule has 0 saturated carbocycles. The fourth-order valence-corrected chi connectivity index (χ4v) is 3.86. The van der Waals surface area contributed by atoms with E-state index in [0.29, 0.717) is 26.1 Å². The SMILES string of the molecule is Cc1[nH]nc(CCC(=O)N[C@H]2COC[C@H]2Cc2ccnc3ccccc23)c1C. The van der Waals surface area contributed by atoms with E-state index >= 15 is 0 Å². The first kappa shape index (κ1) is 18.6. The second kappa shape index (κ2) is 8.10. The third-order valence-corrected chi connectivity index (χ3v) is 5.71. The molecule has 1 fully saturated rings. The van der Waals surface area contributed by atoms with Crippen LogP contribution in [-0.2, 0) is 22.4 Å². The monoisotopic (exact) mass is 378 g/mol. The zero-order chi connectivity index (χ0) is 19.5. The van der Waals surface area contributed by atoms with Crippen LogP contribution < -0.4 is 5.32 Å². The fraction of sp³-hybridized carbons (Fsp3) is 0.409. The van der Waals surface area contributed by atoms with E-state index in [2.05, 4.69) is 32.6 Å². The van der Waals surface area contributed by atoms with Crippen LogP contribution in [0.1, 0.15) is 28.9 Å². The van der Waals surface area contributed by atoms with Crippen molar-refractivity contribution in [2.45, 2.75) is 39.2 Å². The Hall–Kier alpha value is -2.73.